The maximum atomic E-state index is 12.2. The van der Waals surface area contributed by atoms with Crippen LogP contribution < -0.4 is 5.73 Å². The van der Waals surface area contributed by atoms with Crippen LogP contribution in [0.5, 0.6) is 0 Å². The molecule has 0 heterocycles. The van der Waals surface area contributed by atoms with Crippen LogP contribution >= 0.6 is 0 Å². The van der Waals surface area contributed by atoms with Gasteiger partial charge in [-0.15, -0.1) is 0 Å². The molecule has 1 aromatic rings. The molecule has 21 heavy (non-hydrogen) atoms. The molecule has 2 rings (SSSR count). The summed E-state index contributed by atoms with van der Waals surface area (Å²) in [6.07, 6.45) is 0.878. The van der Waals surface area contributed by atoms with Crippen molar-refractivity contribution in [3.8, 4) is 0 Å². The molecule has 3 N–H and O–H groups in total. The molecule has 6 heteroatoms. The van der Waals surface area contributed by atoms with E-state index in [-0.39, 0.29) is 12.3 Å². The van der Waals surface area contributed by atoms with E-state index in [0.29, 0.717) is 0 Å². The topological polar surface area (TPSA) is 97.5 Å². The van der Waals surface area contributed by atoms with E-state index in [9.17, 15) is 18.3 Å². The van der Waals surface area contributed by atoms with E-state index in [1.165, 1.54) is 6.92 Å². The Morgan fingerprint density at radius 3 is 2.24 bits per heavy atom. The third-order valence-corrected chi connectivity index (χ3v) is 6.80. The fourth-order valence-corrected chi connectivity index (χ4v) is 5.21. The van der Waals surface area contributed by atoms with E-state index >= 15 is 0 Å². The van der Waals surface area contributed by atoms with Crippen LogP contribution in [0.4, 0.5) is 0 Å². The molecule has 0 radical (unpaired) electrons. The summed E-state index contributed by atoms with van der Waals surface area (Å²) >= 11 is 0. The lowest BCUT2D eigenvalue weighted by Gasteiger charge is -2.09. The molecule has 0 amide bonds. The minimum atomic E-state index is -3.46. The first-order valence-electron chi connectivity index (χ1n) is 7.09. The predicted molar refractivity (Wildman–Crippen MR) is 80.9 cm³/mol. The van der Waals surface area contributed by atoms with Crippen molar-refractivity contribution in [3.05, 3.63) is 35.4 Å². The SMILES string of the molecule is CCc1ccc([C@@H]2[C@@H](S(=O)(=O)CC)[C@]2(CN)C(=O)O)cc1. The minimum absolute atomic E-state index is 0.0732. The van der Waals surface area contributed by atoms with Gasteiger partial charge in [0.25, 0.3) is 0 Å². The molecule has 1 aliphatic carbocycles. The Bertz CT molecular complexity index is 638. The number of hydrogen-bond donors (Lipinski definition) is 2. The second-order valence-corrected chi connectivity index (χ2v) is 7.91. The summed E-state index contributed by atoms with van der Waals surface area (Å²) in [6, 6.07) is 7.46. The van der Waals surface area contributed by atoms with Gasteiger partial charge in [0.05, 0.1) is 5.25 Å². The van der Waals surface area contributed by atoms with E-state index in [1.807, 2.05) is 31.2 Å². The summed E-state index contributed by atoms with van der Waals surface area (Å²) in [7, 11) is -3.46. The van der Waals surface area contributed by atoms with Gasteiger partial charge in [0.1, 0.15) is 5.41 Å². The summed E-state index contributed by atoms with van der Waals surface area (Å²) in [5.41, 5.74) is 6.13. The molecule has 0 spiro atoms. The molecule has 0 aliphatic heterocycles. The highest BCUT2D eigenvalue weighted by Gasteiger charge is 2.74. The van der Waals surface area contributed by atoms with Crippen LogP contribution in [-0.4, -0.2) is 37.0 Å². The molecule has 1 fully saturated rings. The number of aliphatic carboxylic acids is 1. The molecule has 0 aromatic heterocycles. The van der Waals surface area contributed by atoms with Crippen LogP contribution in [-0.2, 0) is 21.1 Å². The Balaban J connectivity index is 2.47. The lowest BCUT2D eigenvalue weighted by molar-refractivity contribution is -0.143. The number of carboxylic acids is 1. The van der Waals surface area contributed by atoms with Crippen molar-refractivity contribution in [2.24, 2.45) is 11.1 Å². The van der Waals surface area contributed by atoms with Gasteiger partial charge in [-0.3, -0.25) is 4.79 Å². The number of rotatable bonds is 6. The number of nitrogens with two attached hydrogens (primary N) is 1. The molecule has 5 nitrogen and oxygen atoms in total. The molecule has 0 bridgehead atoms. The minimum Gasteiger partial charge on any atom is -0.481 e. The maximum absolute atomic E-state index is 12.2. The van der Waals surface area contributed by atoms with Gasteiger partial charge in [-0.05, 0) is 17.5 Å². The fraction of sp³-hybridized carbons (Fsp3) is 0.533. The molecule has 0 saturated heterocycles. The number of sulfone groups is 1. The van der Waals surface area contributed by atoms with Gasteiger partial charge in [0, 0.05) is 18.2 Å². The van der Waals surface area contributed by atoms with Crippen molar-refractivity contribution in [2.45, 2.75) is 31.4 Å². The van der Waals surface area contributed by atoms with Gasteiger partial charge >= 0.3 is 5.97 Å². The zero-order valence-electron chi connectivity index (χ0n) is 12.2. The Kier molecular flexibility index (Phi) is 4.13. The molecular weight excluding hydrogens is 290 g/mol. The first kappa shape index (κ1) is 16.0. The molecule has 1 saturated carbocycles. The average Bonchev–Trinajstić information content (AvgIpc) is 3.19. The highest BCUT2D eigenvalue weighted by molar-refractivity contribution is 7.92. The van der Waals surface area contributed by atoms with Crippen molar-refractivity contribution in [2.75, 3.05) is 12.3 Å². The molecule has 1 aromatic carbocycles. The third kappa shape index (κ3) is 2.36. The number of benzene rings is 1. The Labute approximate surface area is 125 Å². The van der Waals surface area contributed by atoms with Crippen molar-refractivity contribution in [1.29, 1.82) is 0 Å². The lowest BCUT2D eigenvalue weighted by Crippen LogP contribution is -2.32. The van der Waals surface area contributed by atoms with Crippen molar-refractivity contribution in [1.82, 2.24) is 0 Å². The number of hydrogen-bond acceptors (Lipinski definition) is 4. The summed E-state index contributed by atoms with van der Waals surface area (Å²) < 4.78 is 24.5. The average molecular weight is 311 g/mol. The van der Waals surface area contributed by atoms with Gasteiger partial charge in [0.15, 0.2) is 9.84 Å². The van der Waals surface area contributed by atoms with E-state index in [4.69, 9.17) is 5.73 Å². The quantitative estimate of drug-likeness (QED) is 0.822. The normalized spacial score (nSPS) is 28.3. The van der Waals surface area contributed by atoms with Crippen LogP contribution in [0.25, 0.3) is 0 Å². The molecule has 116 valence electrons. The van der Waals surface area contributed by atoms with Crippen LogP contribution in [0.3, 0.4) is 0 Å². The van der Waals surface area contributed by atoms with Crippen molar-refractivity contribution in [3.63, 3.8) is 0 Å². The zero-order valence-corrected chi connectivity index (χ0v) is 13.1. The summed E-state index contributed by atoms with van der Waals surface area (Å²) in [5, 5.41) is 8.60. The van der Waals surface area contributed by atoms with E-state index in [2.05, 4.69) is 0 Å². The Morgan fingerprint density at radius 2 is 1.86 bits per heavy atom. The van der Waals surface area contributed by atoms with Gasteiger partial charge < -0.3 is 10.8 Å². The van der Waals surface area contributed by atoms with Gasteiger partial charge in [-0.1, -0.05) is 38.1 Å². The highest BCUT2D eigenvalue weighted by Crippen LogP contribution is 2.62. The Morgan fingerprint density at radius 1 is 1.29 bits per heavy atom. The number of carboxylic acid groups (broad SMARTS) is 1. The van der Waals surface area contributed by atoms with E-state index in [0.717, 1.165) is 17.5 Å². The summed E-state index contributed by atoms with van der Waals surface area (Å²) in [5.74, 6) is -1.76. The predicted octanol–water partition coefficient (Wildman–Crippen LogP) is 1.18. The molecular formula is C15H21NO4S. The van der Waals surface area contributed by atoms with Crippen LogP contribution in [0.15, 0.2) is 24.3 Å². The zero-order chi connectivity index (χ0) is 15.8. The monoisotopic (exact) mass is 311 g/mol. The Hall–Kier alpha value is -1.40. The van der Waals surface area contributed by atoms with Crippen molar-refractivity contribution >= 4 is 15.8 Å². The highest BCUT2D eigenvalue weighted by atomic mass is 32.2. The van der Waals surface area contributed by atoms with E-state index < -0.39 is 32.4 Å². The first-order valence-corrected chi connectivity index (χ1v) is 8.80. The molecule has 0 unspecified atom stereocenters. The lowest BCUT2D eigenvalue weighted by atomic mass is 9.98. The maximum Gasteiger partial charge on any atom is 0.312 e. The van der Waals surface area contributed by atoms with Gasteiger partial charge in [-0.2, -0.15) is 0 Å². The standard InChI is InChI=1S/C15H21NO4S/c1-3-10-5-7-11(8-6-10)12-13(21(19,20)4-2)15(12,9-16)14(17)18/h5-8,12-13H,3-4,9,16H2,1-2H3,(H,17,18)/t12-,13-,15-/m1/s1. The van der Waals surface area contributed by atoms with Crippen LogP contribution in [0.1, 0.15) is 30.9 Å². The van der Waals surface area contributed by atoms with Crippen molar-refractivity contribution < 1.29 is 18.3 Å². The summed E-state index contributed by atoms with van der Waals surface area (Å²) in [4.78, 5) is 11.6. The summed E-state index contributed by atoms with van der Waals surface area (Å²) in [6.45, 7) is 3.39. The third-order valence-electron chi connectivity index (χ3n) is 4.53. The van der Waals surface area contributed by atoms with Crippen LogP contribution in [0, 0.1) is 5.41 Å². The smallest absolute Gasteiger partial charge is 0.312 e. The number of aryl methyl sites for hydroxylation is 1. The largest absolute Gasteiger partial charge is 0.481 e. The molecule has 1 aliphatic rings. The van der Waals surface area contributed by atoms with Gasteiger partial charge in [-0.25, -0.2) is 8.42 Å². The van der Waals surface area contributed by atoms with Crippen LogP contribution in [0.2, 0.25) is 0 Å². The second-order valence-electron chi connectivity index (χ2n) is 5.49. The first-order chi connectivity index (χ1) is 9.85. The van der Waals surface area contributed by atoms with E-state index in [1.54, 1.807) is 0 Å². The number of carbonyl (C=O) groups is 1. The second kappa shape index (κ2) is 5.42. The van der Waals surface area contributed by atoms with Gasteiger partial charge in [0.2, 0.25) is 0 Å². The fourth-order valence-electron chi connectivity index (χ4n) is 3.13. The molecule has 3 atom stereocenters.